The number of hydrogen-bond donors (Lipinski definition) is 1. The van der Waals surface area contributed by atoms with E-state index in [1.54, 1.807) is 12.1 Å². The topological polar surface area (TPSA) is 73.9 Å². The van der Waals surface area contributed by atoms with Crippen molar-refractivity contribution in [3.63, 3.8) is 0 Å². The first kappa shape index (κ1) is 17.8. The summed E-state index contributed by atoms with van der Waals surface area (Å²) in [7, 11) is 2.97. The molecule has 122 valence electrons. The van der Waals surface area contributed by atoms with Gasteiger partial charge in [-0.05, 0) is 25.0 Å². The van der Waals surface area contributed by atoms with Gasteiger partial charge in [0.25, 0.3) is 5.91 Å². The minimum absolute atomic E-state index is 0.0155. The summed E-state index contributed by atoms with van der Waals surface area (Å²) in [6.07, 6.45) is 0. The smallest absolute Gasteiger partial charge is 0.342 e. The minimum atomic E-state index is -0.619. The van der Waals surface area contributed by atoms with Gasteiger partial charge in [0.15, 0.2) is 6.61 Å². The van der Waals surface area contributed by atoms with Crippen LogP contribution in [0.3, 0.4) is 0 Å². The second-order valence-electron chi connectivity index (χ2n) is 5.24. The molecule has 0 bridgehead atoms. The Bertz CT molecular complexity index is 527. The summed E-state index contributed by atoms with van der Waals surface area (Å²) in [4.78, 5) is 23.7. The van der Waals surface area contributed by atoms with E-state index < -0.39 is 5.97 Å². The predicted octanol–water partition coefficient (Wildman–Crippen LogP) is 2.02. The van der Waals surface area contributed by atoms with Crippen LogP contribution in [0.1, 0.15) is 31.1 Å². The molecule has 1 aromatic carbocycles. The summed E-state index contributed by atoms with van der Waals surface area (Å²) in [6, 6.07) is 4.76. The monoisotopic (exact) mass is 309 g/mol. The molecule has 0 saturated heterocycles. The molecule has 1 atom stereocenters. The van der Waals surface area contributed by atoms with Gasteiger partial charge in [-0.25, -0.2) is 4.79 Å². The molecule has 1 N–H and O–H groups in total. The van der Waals surface area contributed by atoms with E-state index in [-0.39, 0.29) is 24.1 Å². The van der Waals surface area contributed by atoms with Crippen molar-refractivity contribution < 1.29 is 23.8 Å². The van der Waals surface area contributed by atoms with Crippen molar-refractivity contribution in [3.8, 4) is 11.5 Å². The third-order valence-corrected chi connectivity index (χ3v) is 3.35. The van der Waals surface area contributed by atoms with Crippen molar-refractivity contribution in [2.75, 3.05) is 20.8 Å². The van der Waals surface area contributed by atoms with Crippen LogP contribution in [0, 0.1) is 5.92 Å². The normalized spacial score (nSPS) is 11.7. The van der Waals surface area contributed by atoms with Gasteiger partial charge in [0, 0.05) is 12.1 Å². The Labute approximate surface area is 130 Å². The highest BCUT2D eigenvalue weighted by atomic mass is 16.5. The Balaban J connectivity index is 2.64. The lowest BCUT2D eigenvalue weighted by Gasteiger charge is -2.17. The summed E-state index contributed by atoms with van der Waals surface area (Å²) in [5, 5.41) is 2.77. The van der Waals surface area contributed by atoms with Crippen LogP contribution in [-0.2, 0) is 9.53 Å². The fourth-order valence-electron chi connectivity index (χ4n) is 1.64. The van der Waals surface area contributed by atoms with Crippen LogP contribution in [-0.4, -0.2) is 38.7 Å². The van der Waals surface area contributed by atoms with Crippen LogP contribution in [0.15, 0.2) is 18.2 Å². The molecule has 1 aromatic rings. The zero-order valence-electron chi connectivity index (χ0n) is 13.6. The standard InChI is InChI=1S/C16H23NO5/c1-10(2)11(3)17-15(18)9-22-16(19)13-7-6-12(20-4)8-14(13)21-5/h6-8,10-11H,9H2,1-5H3,(H,17,18)/t11-/m1/s1. The number of ether oxygens (including phenoxy) is 3. The summed E-state index contributed by atoms with van der Waals surface area (Å²) < 4.78 is 15.2. The van der Waals surface area contributed by atoms with E-state index >= 15 is 0 Å². The first-order valence-corrected chi connectivity index (χ1v) is 7.07. The number of carbonyl (C=O) groups is 2. The van der Waals surface area contributed by atoms with Crippen LogP contribution in [0.5, 0.6) is 11.5 Å². The molecule has 0 spiro atoms. The van der Waals surface area contributed by atoms with Gasteiger partial charge in [-0.3, -0.25) is 4.79 Å². The summed E-state index contributed by atoms with van der Waals surface area (Å²) >= 11 is 0. The van der Waals surface area contributed by atoms with Gasteiger partial charge in [-0.15, -0.1) is 0 Å². The second kappa shape index (κ2) is 8.26. The lowest BCUT2D eigenvalue weighted by Crippen LogP contribution is -2.38. The van der Waals surface area contributed by atoms with Crippen molar-refractivity contribution >= 4 is 11.9 Å². The first-order chi connectivity index (χ1) is 10.4. The van der Waals surface area contributed by atoms with Crippen molar-refractivity contribution in [1.82, 2.24) is 5.32 Å². The van der Waals surface area contributed by atoms with Crippen LogP contribution in [0.4, 0.5) is 0 Å². The minimum Gasteiger partial charge on any atom is -0.497 e. The van der Waals surface area contributed by atoms with Crippen LogP contribution in [0.2, 0.25) is 0 Å². The summed E-state index contributed by atoms with van der Waals surface area (Å²) in [6.45, 7) is 5.57. The second-order valence-corrected chi connectivity index (χ2v) is 5.24. The van der Waals surface area contributed by atoms with Gasteiger partial charge in [-0.1, -0.05) is 13.8 Å². The summed E-state index contributed by atoms with van der Waals surface area (Å²) in [5.74, 6) is 0.257. The maximum Gasteiger partial charge on any atom is 0.342 e. The molecular weight excluding hydrogens is 286 g/mol. The average molecular weight is 309 g/mol. The molecule has 0 aromatic heterocycles. The van der Waals surface area contributed by atoms with Gasteiger partial charge in [0.1, 0.15) is 17.1 Å². The highest BCUT2D eigenvalue weighted by Crippen LogP contribution is 2.25. The van der Waals surface area contributed by atoms with Gasteiger partial charge in [0.2, 0.25) is 0 Å². The molecule has 0 aliphatic rings. The number of nitrogens with one attached hydrogen (secondary N) is 1. The molecule has 6 nitrogen and oxygen atoms in total. The number of rotatable bonds is 7. The molecule has 1 rings (SSSR count). The SMILES string of the molecule is COc1ccc(C(=O)OCC(=O)N[C@H](C)C(C)C)c(OC)c1. The van der Waals surface area contributed by atoms with Gasteiger partial charge < -0.3 is 19.5 Å². The highest BCUT2D eigenvalue weighted by Gasteiger charge is 2.17. The number of benzene rings is 1. The van der Waals surface area contributed by atoms with E-state index in [2.05, 4.69) is 5.32 Å². The number of amides is 1. The molecule has 1 amide bonds. The molecule has 0 aliphatic carbocycles. The van der Waals surface area contributed by atoms with E-state index in [0.29, 0.717) is 17.4 Å². The molecule has 0 radical (unpaired) electrons. The zero-order chi connectivity index (χ0) is 16.7. The third-order valence-electron chi connectivity index (χ3n) is 3.35. The van der Waals surface area contributed by atoms with E-state index in [9.17, 15) is 9.59 Å². The number of carbonyl (C=O) groups excluding carboxylic acids is 2. The van der Waals surface area contributed by atoms with E-state index in [1.165, 1.54) is 20.3 Å². The Morgan fingerprint density at radius 3 is 2.36 bits per heavy atom. The molecule has 0 saturated carbocycles. The predicted molar refractivity (Wildman–Crippen MR) is 82.3 cm³/mol. The average Bonchev–Trinajstić information content (AvgIpc) is 2.51. The lowest BCUT2D eigenvalue weighted by molar-refractivity contribution is -0.125. The Morgan fingerprint density at radius 1 is 1.14 bits per heavy atom. The molecule has 0 fully saturated rings. The fraction of sp³-hybridized carbons (Fsp3) is 0.500. The highest BCUT2D eigenvalue weighted by molar-refractivity contribution is 5.94. The maximum atomic E-state index is 12.0. The van der Waals surface area contributed by atoms with Crippen molar-refractivity contribution in [1.29, 1.82) is 0 Å². The number of esters is 1. The Morgan fingerprint density at radius 2 is 1.82 bits per heavy atom. The van der Waals surface area contributed by atoms with E-state index in [4.69, 9.17) is 14.2 Å². The Kier molecular flexibility index (Phi) is 6.69. The molecule has 6 heteroatoms. The Hall–Kier alpha value is -2.24. The first-order valence-electron chi connectivity index (χ1n) is 7.07. The maximum absolute atomic E-state index is 12.0. The lowest BCUT2D eigenvalue weighted by atomic mass is 10.1. The van der Waals surface area contributed by atoms with E-state index in [0.717, 1.165) is 0 Å². The van der Waals surface area contributed by atoms with Gasteiger partial charge in [0.05, 0.1) is 14.2 Å². The molecule has 0 heterocycles. The quantitative estimate of drug-likeness (QED) is 0.780. The zero-order valence-corrected chi connectivity index (χ0v) is 13.6. The molecular formula is C16H23NO5. The van der Waals surface area contributed by atoms with E-state index in [1.807, 2.05) is 20.8 Å². The largest absolute Gasteiger partial charge is 0.497 e. The van der Waals surface area contributed by atoms with Crippen LogP contribution < -0.4 is 14.8 Å². The fourth-order valence-corrected chi connectivity index (χ4v) is 1.64. The number of methoxy groups -OCH3 is 2. The van der Waals surface area contributed by atoms with Crippen molar-refractivity contribution in [3.05, 3.63) is 23.8 Å². The molecule has 0 aliphatic heterocycles. The van der Waals surface area contributed by atoms with Crippen LogP contribution in [0.25, 0.3) is 0 Å². The summed E-state index contributed by atoms with van der Waals surface area (Å²) in [5.41, 5.74) is 0.244. The van der Waals surface area contributed by atoms with Gasteiger partial charge in [-0.2, -0.15) is 0 Å². The molecule has 22 heavy (non-hydrogen) atoms. The van der Waals surface area contributed by atoms with Crippen molar-refractivity contribution in [2.24, 2.45) is 5.92 Å². The molecule has 0 unspecified atom stereocenters. The number of hydrogen-bond acceptors (Lipinski definition) is 5. The third kappa shape index (κ3) is 4.95. The van der Waals surface area contributed by atoms with Gasteiger partial charge >= 0.3 is 5.97 Å². The van der Waals surface area contributed by atoms with Crippen LogP contribution >= 0.6 is 0 Å². The van der Waals surface area contributed by atoms with Crippen molar-refractivity contribution in [2.45, 2.75) is 26.8 Å².